The number of nitrogens with one attached hydrogen (secondary N) is 2. The van der Waals surface area contributed by atoms with E-state index in [-0.39, 0.29) is 5.91 Å². The molecule has 0 aliphatic carbocycles. The number of hydrogen-bond acceptors (Lipinski definition) is 5. The molecule has 28 heavy (non-hydrogen) atoms. The number of pyridine rings is 1. The molecule has 144 valence electrons. The minimum Gasteiger partial charge on any atom is -0.497 e. The summed E-state index contributed by atoms with van der Waals surface area (Å²) in [5.74, 6) is 1.52. The number of ether oxygens (including phenoxy) is 2. The molecule has 0 radical (unpaired) electrons. The fourth-order valence-corrected chi connectivity index (χ4v) is 2.83. The van der Waals surface area contributed by atoms with Crippen molar-refractivity contribution in [3.8, 4) is 11.5 Å². The quantitative estimate of drug-likeness (QED) is 0.651. The molecule has 0 bridgehead atoms. The molecule has 3 aromatic rings. The molecule has 0 aliphatic heterocycles. The van der Waals surface area contributed by atoms with Gasteiger partial charge in [-0.05, 0) is 49.7 Å². The second-order valence-electron chi connectivity index (χ2n) is 6.39. The smallest absolute Gasteiger partial charge is 0.255 e. The molecule has 1 heterocycles. The lowest BCUT2D eigenvalue weighted by molar-refractivity contribution is 0.102. The Hall–Kier alpha value is -3.54. The van der Waals surface area contributed by atoms with Crippen LogP contribution >= 0.6 is 0 Å². The molecular formula is C22H23N3O3. The molecule has 0 saturated carbocycles. The Bertz CT molecular complexity index is 1000. The van der Waals surface area contributed by atoms with E-state index < -0.39 is 0 Å². The lowest BCUT2D eigenvalue weighted by Gasteiger charge is -2.13. The highest BCUT2D eigenvalue weighted by Crippen LogP contribution is 2.29. The molecule has 0 atom stereocenters. The van der Waals surface area contributed by atoms with Gasteiger partial charge < -0.3 is 20.1 Å². The molecule has 2 N–H and O–H groups in total. The van der Waals surface area contributed by atoms with Crippen LogP contribution in [-0.4, -0.2) is 25.1 Å². The summed E-state index contributed by atoms with van der Waals surface area (Å²) in [7, 11) is 3.12. The number of rotatable bonds is 6. The Morgan fingerprint density at radius 1 is 0.929 bits per heavy atom. The maximum absolute atomic E-state index is 12.7. The monoisotopic (exact) mass is 377 g/mol. The summed E-state index contributed by atoms with van der Waals surface area (Å²) in [6, 6.07) is 14.7. The molecule has 6 heteroatoms. The van der Waals surface area contributed by atoms with Crippen molar-refractivity contribution in [2.45, 2.75) is 13.8 Å². The number of carbonyl (C=O) groups is 1. The average molecular weight is 377 g/mol. The van der Waals surface area contributed by atoms with Gasteiger partial charge in [0.1, 0.15) is 17.3 Å². The van der Waals surface area contributed by atoms with Gasteiger partial charge in [0.15, 0.2) is 0 Å². The third-order valence-corrected chi connectivity index (χ3v) is 4.32. The highest BCUT2D eigenvalue weighted by molar-refractivity contribution is 6.05. The standard InChI is InChI=1S/C22H23N3O3/c1-14-5-7-18(15(2)11-14)24-21-12-16(9-10-23-21)22(26)25-19-8-6-17(27-3)13-20(19)28-4/h5-13H,1-4H3,(H,23,24)(H,25,26). The summed E-state index contributed by atoms with van der Waals surface area (Å²) in [6.07, 6.45) is 1.60. The fourth-order valence-electron chi connectivity index (χ4n) is 2.83. The summed E-state index contributed by atoms with van der Waals surface area (Å²) >= 11 is 0. The van der Waals surface area contributed by atoms with Crippen molar-refractivity contribution in [1.82, 2.24) is 4.98 Å². The summed E-state index contributed by atoms with van der Waals surface area (Å²) in [5.41, 5.74) is 4.30. The summed E-state index contributed by atoms with van der Waals surface area (Å²) in [6.45, 7) is 4.08. The van der Waals surface area contributed by atoms with E-state index in [0.29, 0.717) is 28.6 Å². The third kappa shape index (κ3) is 4.40. The maximum atomic E-state index is 12.7. The molecule has 1 aromatic heterocycles. The van der Waals surface area contributed by atoms with Crippen molar-refractivity contribution in [3.05, 3.63) is 71.4 Å². The molecule has 2 aromatic carbocycles. The first kappa shape index (κ1) is 19.2. The Morgan fingerprint density at radius 2 is 1.71 bits per heavy atom. The van der Waals surface area contributed by atoms with E-state index in [2.05, 4.69) is 21.7 Å². The summed E-state index contributed by atoms with van der Waals surface area (Å²) in [4.78, 5) is 17.0. The van der Waals surface area contributed by atoms with E-state index >= 15 is 0 Å². The summed E-state index contributed by atoms with van der Waals surface area (Å²) < 4.78 is 10.5. The predicted octanol–water partition coefficient (Wildman–Crippen LogP) is 4.71. The summed E-state index contributed by atoms with van der Waals surface area (Å²) in [5, 5.41) is 6.13. The Kier molecular flexibility index (Phi) is 5.79. The first-order chi connectivity index (χ1) is 13.5. The molecule has 0 fully saturated rings. The number of carbonyl (C=O) groups excluding carboxylic acids is 1. The maximum Gasteiger partial charge on any atom is 0.255 e. The number of aromatic nitrogens is 1. The van der Waals surface area contributed by atoms with Crippen molar-refractivity contribution < 1.29 is 14.3 Å². The van der Waals surface area contributed by atoms with Crippen LogP contribution in [-0.2, 0) is 0 Å². The van der Waals surface area contributed by atoms with Crippen LogP contribution in [0.15, 0.2) is 54.7 Å². The average Bonchev–Trinajstić information content (AvgIpc) is 2.70. The molecule has 0 aliphatic rings. The number of benzene rings is 2. The first-order valence-electron chi connectivity index (χ1n) is 8.84. The number of methoxy groups -OCH3 is 2. The van der Waals surface area contributed by atoms with E-state index in [1.165, 1.54) is 5.56 Å². The van der Waals surface area contributed by atoms with Gasteiger partial charge in [0.25, 0.3) is 5.91 Å². The van der Waals surface area contributed by atoms with Crippen LogP contribution in [0.2, 0.25) is 0 Å². The first-order valence-corrected chi connectivity index (χ1v) is 8.84. The number of anilines is 3. The van der Waals surface area contributed by atoms with Crippen LogP contribution in [0.1, 0.15) is 21.5 Å². The molecule has 0 spiro atoms. The van der Waals surface area contributed by atoms with Crippen molar-refractivity contribution in [2.75, 3.05) is 24.9 Å². The van der Waals surface area contributed by atoms with Gasteiger partial charge in [0, 0.05) is 23.5 Å². The fraction of sp³-hybridized carbons (Fsp3) is 0.182. The zero-order valence-electron chi connectivity index (χ0n) is 16.4. The minimum absolute atomic E-state index is 0.255. The van der Waals surface area contributed by atoms with Gasteiger partial charge in [-0.25, -0.2) is 4.98 Å². The van der Waals surface area contributed by atoms with Crippen LogP contribution in [0.25, 0.3) is 0 Å². The lowest BCUT2D eigenvalue weighted by atomic mass is 10.1. The zero-order valence-corrected chi connectivity index (χ0v) is 16.4. The van der Waals surface area contributed by atoms with Crippen LogP contribution in [0, 0.1) is 13.8 Å². The molecule has 0 saturated heterocycles. The highest BCUT2D eigenvalue weighted by Gasteiger charge is 2.12. The number of amides is 1. The number of nitrogens with zero attached hydrogens (tertiary/aromatic N) is 1. The normalized spacial score (nSPS) is 10.3. The lowest BCUT2D eigenvalue weighted by Crippen LogP contribution is -2.13. The van der Waals surface area contributed by atoms with Gasteiger partial charge in [-0.2, -0.15) is 0 Å². The highest BCUT2D eigenvalue weighted by atomic mass is 16.5. The predicted molar refractivity (Wildman–Crippen MR) is 111 cm³/mol. The van der Waals surface area contributed by atoms with Crippen LogP contribution in [0.4, 0.5) is 17.2 Å². The molecule has 0 unspecified atom stereocenters. The second-order valence-corrected chi connectivity index (χ2v) is 6.39. The van der Waals surface area contributed by atoms with Gasteiger partial charge >= 0.3 is 0 Å². The van der Waals surface area contributed by atoms with E-state index in [9.17, 15) is 4.79 Å². The minimum atomic E-state index is -0.255. The molecular weight excluding hydrogens is 354 g/mol. The van der Waals surface area contributed by atoms with Crippen molar-refractivity contribution in [1.29, 1.82) is 0 Å². The molecule has 1 amide bonds. The van der Waals surface area contributed by atoms with Gasteiger partial charge in [-0.1, -0.05) is 17.7 Å². The van der Waals surface area contributed by atoms with E-state index in [1.54, 1.807) is 50.7 Å². The van der Waals surface area contributed by atoms with Crippen LogP contribution in [0.3, 0.4) is 0 Å². The van der Waals surface area contributed by atoms with Crippen molar-refractivity contribution in [2.24, 2.45) is 0 Å². The number of aryl methyl sites for hydroxylation is 2. The van der Waals surface area contributed by atoms with Gasteiger partial charge in [0.05, 0.1) is 19.9 Å². The van der Waals surface area contributed by atoms with E-state index in [4.69, 9.17) is 9.47 Å². The van der Waals surface area contributed by atoms with Crippen LogP contribution in [0.5, 0.6) is 11.5 Å². The van der Waals surface area contributed by atoms with Gasteiger partial charge in [0.2, 0.25) is 0 Å². The van der Waals surface area contributed by atoms with Crippen molar-refractivity contribution >= 4 is 23.1 Å². The largest absolute Gasteiger partial charge is 0.497 e. The van der Waals surface area contributed by atoms with Gasteiger partial charge in [-0.15, -0.1) is 0 Å². The van der Waals surface area contributed by atoms with E-state index in [1.807, 2.05) is 26.0 Å². The Morgan fingerprint density at radius 3 is 2.43 bits per heavy atom. The Balaban J connectivity index is 1.79. The van der Waals surface area contributed by atoms with Crippen LogP contribution < -0.4 is 20.1 Å². The SMILES string of the molecule is COc1ccc(NC(=O)c2ccnc(Nc3ccc(C)cc3C)c2)c(OC)c1. The zero-order chi connectivity index (χ0) is 20.1. The Labute approximate surface area is 164 Å². The molecule has 3 rings (SSSR count). The molecule has 6 nitrogen and oxygen atoms in total. The number of hydrogen-bond donors (Lipinski definition) is 2. The topological polar surface area (TPSA) is 72.5 Å². The third-order valence-electron chi connectivity index (χ3n) is 4.32. The second kappa shape index (κ2) is 8.43. The van der Waals surface area contributed by atoms with E-state index in [0.717, 1.165) is 11.3 Å². The van der Waals surface area contributed by atoms with Gasteiger partial charge in [-0.3, -0.25) is 4.79 Å². The van der Waals surface area contributed by atoms with Crippen molar-refractivity contribution in [3.63, 3.8) is 0 Å².